The molecule has 0 heterocycles. The molecule has 0 aliphatic heterocycles. The van der Waals surface area contributed by atoms with Gasteiger partial charge in [-0.25, -0.2) is 6.07 Å². The van der Waals surface area contributed by atoms with Gasteiger partial charge in [0.1, 0.15) is 0 Å². The summed E-state index contributed by atoms with van der Waals surface area (Å²) < 4.78 is 0. The summed E-state index contributed by atoms with van der Waals surface area (Å²) in [6.07, 6.45) is 10.2. The number of rotatable bonds is 1. The first-order valence-corrected chi connectivity index (χ1v) is 11.5. The second kappa shape index (κ2) is 10.3. The molecule has 4 bridgehead atoms. The van der Waals surface area contributed by atoms with Crippen molar-refractivity contribution in [1.29, 1.82) is 0 Å². The summed E-state index contributed by atoms with van der Waals surface area (Å²) in [5.74, 6) is 3.21. The molecular weight excluding hydrogens is 510 g/mol. The van der Waals surface area contributed by atoms with E-state index in [9.17, 15) is 0 Å². The van der Waals surface area contributed by atoms with Crippen LogP contribution in [0.1, 0.15) is 60.8 Å². The Labute approximate surface area is 224 Å². The fraction of sp³-hybridized carbons (Fsp3) is 0.414. The quantitative estimate of drug-likeness (QED) is 0.319. The van der Waals surface area contributed by atoms with Crippen molar-refractivity contribution in [1.82, 2.24) is 0 Å². The molecule has 5 aliphatic carbocycles. The minimum absolute atomic E-state index is 0. The van der Waals surface area contributed by atoms with Gasteiger partial charge in [-0.2, -0.15) is 53.1 Å². The average Bonchev–Trinajstić information content (AvgIpc) is 3.31. The van der Waals surface area contributed by atoms with E-state index in [0.29, 0.717) is 5.41 Å². The first-order chi connectivity index (χ1) is 14.2. The fourth-order valence-corrected chi connectivity index (χ4v) is 7.35. The van der Waals surface area contributed by atoms with Crippen LogP contribution >= 0.6 is 0 Å². The van der Waals surface area contributed by atoms with Crippen molar-refractivity contribution in [3.63, 3.8) is 0 Å². The van der Waals surface area contributed by atoms with Crippen molar-refractivity contribution in [2.24, 2.45) is 17.8 Å². The van der Waals surface area contributed by atoms with Crippen LogP contribution in [0, 0.1) is 30.7 Å². The standard InChI is InChI=1S/C16H21.C13H9.2ClH.Zr/c1-11-2-3-15(4-11)16-8-12-5-13(9-16)7-14(6-12)10-16;1-3-7-12-10(5-1)9-11-6-2-4-8-13(11)12;;;/h2-4,12-14H,5-10H2,1H3;1-5,7-8H,9H2;2*1H;/q2*-1;;;+4/p-2. The monoisotopic (exact) mass is 538 g/mol. The van der Waals surface area contributed by atoms with Crippen LogP contribution in [0.3, 0.4) is 0 Å². The van der Waals surface area contributed by atoms with Gasteiger partial charge in [0.25, 0.3) is 0 Å². The van der Waals surface area contributed by atoms with Crippen LogP contribution in [-0.2, 0) is 38.0 Å². The maximum atomic E-state index is 3.30. The topological polar surface area (TPSA) is 0 Å². The van der Waals surface area contributed by atoms with E-state index in [4.69, 9.17) is 0 Å². The van der Waals surface area contributed by atoms with Crippen molar-refractivity contribution in [3.05, 3.63) is 89.0 Å². The van der Waals surface area contributed by atoms with Crippen LogP contribution in [-0.4, -0.2) is 0 Å². The molecule has 8 rings (SSSR count). The number of fused-ring (bicyclic) bond motifs is 3. The Morgan fingerprint density at radius 3 is 2.12 bits per heavy atom. The number of hydrogen-bond donors (Lipinski definition) is 0. The van der Waals surface area contributed by atoms with Crippen LogP contribution in [0.5, 0.6) is 0 Å². The van der Waals surface area contributed by atoms with Crippen molar-refractivity contribution in [2.75, 3.05) is 0 Å². The zero-order chi connectivity index (χ0) is 19.4. The first kappa shape index (κ1) is 25.9. The molecule has 0 aromatic heterocycles. The third kappa shape index (κ3) is 4.60. The molecule has 0 saturated heterocycles. The minimum atomic E-state index is 0. The molecule has 5 aliphatic rings. The number of aryl methyl sites for hydroxylation is 1. The molecule has 3 aromatic carbocycles. The molecule has 0 spiro atoms. The van der Waals surface area contributed by atoms with Crippen LogP contribution in [0.2, 0.25) is 0 Å². The van der Waals surface area contributed by atoms with Crippen LogP contribution < -0.4 is 24.8 Å². The molecule has 0 nitrogen and oxygen atoms in total. The van der Waals surface area contributed by atoms with Gasteiger partial charge in [-0.1, -0.05) is 67.0 Å². The van der Waals surface area contributed by atoms with Gasteiger partial charge in [-0.3, -0.25) is 0 Å². The summed E-state index contributed by atoms with van der Waals surface area (Å²) in [5.41, 5.74) is 9.27. The summed E-state index contributed by atoms with van der Waals surface area (Å²) in [6.45, 7) is 2.24. The van der Waals surface area contributed by atoms with E-state index in [-0.39, 0.29) is 51.0 Å². The second-order valence-electron chi connectivity index (χ2n) is 10.3. The maximum absolute atomic E-state index is 3.30. The minimum Gasteiger partial charge on any atom is -1.00 e. The van der Waals surface area contributed by atoms with E-state index in [1.54, 1.807) is 24.8 Å². The zero-order valence-corrected chi connectivity index (χ0v) is 22.7. The van der Waals surface area contributed by atoms with Gasteiger partial charge in [0.2, 0.25) is 0 Å². The summed E-state index contributed by atoms with van der Waals surface area (Å²) in [6, 6.07) is 25.3. The Hall–Kier alpha value is -0.747. The third-order valence-electron chi connectivity index (χ3n) is 8.18. The summed E-state index contributed by atoms with van der Waals surface area (Å²) in [4.78, 5) is 0. The smallest absolute Gasteiger partial charge is 1.00 e. The van der Waals surface area contributed by atoms with Crippen LogP contribution in [0.25, 0.3) is 11.1 Å². The molecule has 0 N–H and O–H groups in total. The van der Waals surface area contributed by atoms with E-state index in [2.05, 4.69) is 67.6 Å². The third-order valence-corrected chi connectivity index (χ3v) is 8.18. The molecule has 3 heteroatoms. The predicted octanol–water partition coefficient (Wildman–Crippen LogP) is 1.25. The Balaban J connectivity index is 0.000000168. The van der Waals surface area contributed by atoms with Crippen molar-refractivity contribution in [2.45, 2.75) is 57.3 Å². The van der Waals surface area contributed by atoms with Crippen molar-refractivity contribution >= 4 is 0 Å². The molecule has 3 aromatic rings. The van der Waals surface area contributed by atoms with Crippen molar-refractivity contribution in [3.8, 4) is 11.1 Å². The predicted molar refractivity (Wildman–Crippen MR) is 120 cm³/mol. The Bertz CT molecular complexity index is 972. The van der Waals surface area contributed by atoms with Gasteiger partial charge in [0.15, 0.2) is 0 Å². The van der Waals surface area contributed by atoms with E-state index >= 15 is 0 Å². The van der Waals surface area contributed by atoms with Gasteiger partial charge in [-0.15, -0.1) is 5.56 Å². The van der Waals surface area contributed by atoms with Gasteiger partial charge >= 0.3 is 26.2 Å². The Morgan fingerprint density at radius 1 is 0.875 bits per heavy atom. The Kier molecular flexibility index (Phi) is 8.29. The molecule has 164 valence electrons. The summed E-state index contributed by atoms with van der Waals surface area (Å²) in [7, 11) is 0. The van der Waals surface area contributed by atoms with E-state index in [1.807, 2.05) is 6.07 Å². The maximum Gasteiger partial charge on any atom is 4.00 e. The van der Waals surface area contributed by atoms with E-state index in [1.165, 1.54) is 47.1 Å². The van der Waals surface area contributed by atoms with Gasteiger partial charge < -0.3 is 24.8 Å². The molecular formula is C29H30Cl2Zr. The summed E-state index contributed by atoms with van der Waals surface area (Å²) >= 11 is 0. The largest absolute Gasteiger partial charge is 4.00 e. The van der Waals surface area contributed by atoms with Crippen molar-refractivity contribution < 1.29 is 51.0 Å². The normalized spacial score (nSPS) is 27.6. The summed E-state index contributed by atoms with van der Waals surface area (Å²) in [5, 5.41) is 0. The molecule has 32 heavy (non-hydrogen) atoms. The van der Waals surface area contributed by atoms with Gasteiger partial charge in [0.05, 0.1) is 0 Å². The van der Waals surface area contributed by atoms with E-state index < -0.39 is 0 Å². The van der Waals surface area contributed by atoms with Gasteiger partial charge in [-0.05, 0) is 43.4 Å². The molecule has 0 amide bonds. The number of halogens is 2. The second-order valence-corrected chi connectivity index (χ2v) is 10.3. The fourth-order valence-electron chi connectivity index (χ4n) is 7.35. The SMILES string of the molecule is Cc1cc(C23CC4CC(CC(C4)C2)C3)c[cH-]1.[Cl-].[Cl-].[Zr+4].[c-]1cccc2c1Cc1ccccc1-2. The van der Waals surface area contributed by atoms with Gasteiger partial charge in [0, 0.05) is 0 Å². The molecule has 0 atom stereocenters. The van der Waals surface area contributed by atoms with Crippen LogP contribution in [0.4, 0.5) is 0 Å². The molecule has 4 saturated carbocycles. The zero-order valence-electron chi connectivity index (χ0n) is 18.7. The van der Waals surface area contributed by atoms with E-state index in [0.717, 1.165) is 24.2 Å². The Morgan fingerprint density at radius 2 is 1.50 bits per heavy atom. The average molecular weight is 541 g/mol. The molecule has 4 fully saturated rings. The molecule has 0 unspecified atom stereocenters. The number of hydrogen-bond acceptors (Lipinski definition) is 0. The first-order valence-electron chi connectivity index (χ1n) is 11.5. The van der Waals surface area contributed by atoms with Crippen LogP contribution in [0.15, 0.2) is 60.7 Å². The molecule has 0 radical (unpaired) electrons. The number of benzene rings is 2.